The summed E-state index contributed by atoms with van der Waals surface area (Å²) < 4.78 is 0. The zero-order chi connectivity index (χ0) is 14.5. The van der Waals surface area contributed by atoms with Crippen LogP contribution in [-0.4, -0.2) is 60.5 Å². The van der Waals surface area contributed by atoms with E-state index in [-0.39, 0.29) is 5.91 Å². The molecule has 2 fully saturated rings. The van der Waals surface area contributed by atoms with E-state index in [1.807, 2.05) is 0 Å². The monoisotopic (exact) mass is 281 g/mol. The number of piperazine rings is 1. The molecule has 0 aromatic carbocycles. The summed E-state index contributed by atoms with van der Waals surface area (Å²) in [6, 6.07) is 0.966. The van der Waals surface area contributed by atoms with Crippen molar-refractivity contribution in [3.63, 3.8) is 0 Å². The summed E-state index contributed by atoms with van der Waals surface area (Å²) in [4.78, 5) is 16.6. The van der Waals surface area contributed by atoms with Crippen LogP contribution >= 0.6 is 0 Å². The third-order valence-electron chi connectivity index (χ3n) is 5.11. The maximum absolute atomic E-state index is 11.8. The molecular formula is C16H31N3O. The molecule has 2 aliphatic heterocycles. The molecule has 2 saturated heterocycles. The van der Waals surface area contributed by atoms with Gasteiger partial charge in [0.1, 0.15) is 0 Å². The summed E-state index contributed by atoms with van der Waals surface area (Å²) in [5.41, 5.74) is 0. The van der Waals surface area contributed by atoms with Crippen molar-refractivity contribution in [2.45, 2.75) is 58.5 Å². The van der Waals surface area contributed by atoms with Crippen molar-refractivity contribution in [2.75, 3.05) is 32.7 Å². The SMILES string of the molecule is CCC1CN(C(C)=O)C(CC)CN1CC1CCNCC1. The molecule has 1 N–H and O–H groups in total. The molecule has 2 rings (SSSR count). The minimum Gasteiger partial charge on any atom is -0.337 e. The second-order valence-corrected chi connectivity index (χ2v) is 6.44. The lowest BCUT2D eigenvalue weighted by atomic mass is 9.94. The number of nitrogens with zero attached hydrogens (tertiary/aromatic N) is 2. The third kappa shape index (κ3) is 3.73. The zero-order valence-corrected chi connectivity index (χ0v) is 13.4. The molecule has 2 atom stereocenters. The first kappa shape index (κ1) is 15.8. The van der Waals surface area contributed by atoms with Crippen molar-refractivity contribution in [1.29, 1.82) is 0 Å². The molecule has 2 heterocycles. The molecule has 1 amide bonds. The normalized spacial score (nSPS) is 29.6. The van der Waals surface area contributed by atoms with Gasteiger partial charge in [-0.2, -0.15) is 0 Å². The predicted octanol–water partition coefficient (Wildman–Crippen LogP) is 1.71. The van der Waals surface area contributed by atoms with Crippen LogP contribution in [0.2, 0.25) is 0 Å². The summed E-state index contributed by atoms with van der Waals surface area (Å²) in [6.45, 7) is 11.7. The number of rotatable bonds is 4. The Kier molecular flexibility index (Phi) is 5.85. The molecule has 116 valence electrons. The molecule has 2 aliphatic rings. The molecule has 4 heteroatoms. The van der Waals surface area contributed by atoms with Crippen LogP contribution < -0.4 is 5.32 Å². The van der Waals surface area contributed by atoms with Gasteiger partial charge in [-0.05, 0) is 44.7 Å². The molecule has 0 saturated carbocycles. The van der Waals surface area contributed by atoms with Gasteiger partial charge in [0.05, 0.1) is 0 Å². The highest BCUT2D eigenvalue weighted by atomic mass is 16.2. The summed E-state index contributed by atoms with van der Waals surface area (Å²) in [6.07, 6.45) is 4.82. The van der Waals surface area contributed by atoms with Gasteiger partial charge in [-0.25, -0.2) is 0 Å². The zero-order valence-electron chi connectivity index (χ0n) is 13.4. The minimum atomic E-state index is 0.247. The van der Waals surface area contributed by atoms with E-state index in [1.165, 1.54) is 32.5 Å². The fraction of sp³-hybridized carbons (Fsp3) is 0.938. The number of carbonyl (C=O) groups is 1. The van der Waals surface area contributed by atoms with E-state index in [4.69, 9.17) is 0 Å². The van der Waals surface area contributed by atoms with Crippen LogP contribution in [-0.2, 0) is 4.79 Å². The molecular weight excluding hydrogens is 250 g/mol. The minimum absolute atomic E-state index is 0.247. The van der Waals surface area contributed by atoms with Crippen LogP contribution in [0.15, 0.2) is 0 Å². The highest BCUT2D eigenvalue weighted by molar-refractivity contribution is 5.73. The lowest BCUT2D eigenvalue weighted by Gasteiger charge is -2.47. The maximum atomic E-state index is 11.8. The largest absolute Gasteiger partial charge is 0.337 e. The van der Waals surface area contributed by atoms with E-state index in [0.29, 0.717) is 12.1 Å². The Bertz CT molecular complexity index is 315. The summed E-state index contributed by atoms with van der Waals surface area (Å²) in [5, 5.41) is 3.45. The second-order valence-electron chi connectivity index (χ2n) is 6.44. The topological polar surface area (TPSA) is 35.6 Å². The van der Waals surface area contributed by atoms with Gasteiger partial charge in [-0.15, -0.1) is 0 Å². The van der Waals surface area contributed by atoms with Gasteiger partial charge in [0, 0.05) is 38.6 Å². The fourth-order valence-electron chi connectivity index (χ4n) is 3.75. The highest BCUT2D eigenvalue weighted by Gasteiger charge is 2.34. The van der Waals surface area contributed by atoms with Gasteiger partial charge < -0.3 is 10.2 Å². The van der Waals surface area contributed by atoms with Crippen molar-refractivity contribution in [2.24, 2.45) is 5.92 Å². The van der Waals surface area contributed by atoms with Gasteiger partial charge in [0.2, 0.25) is 5.91 Å². The first-order valence-electron chi connectivity index (χ1n) is 8.37. The number of nitrogens with one attached hydrogen (secondary N) is 1. The van der Waals surface area contributed by atoms with Crippen molar-refractivity contribution in [1.82, 2.24) is 15.1 Å². The lowest BCUT2D eigenvalue weighted by molar-refractivity contribution is -0.136. The fourth-order valence-corrected chi connectivity index (χ4v) is 3.75. The van der Waals surface area contributed by atoms with E-state index in [2.05, 4.69) is 29.0 Å². The van der Waals surface area contributed by atoms with Gasteiger partial charge in [-0.3, -0.25) is 9.69 Å². The van der Waals surface area contributed by atoms with E-state index in [1.54, 1.807) is 6.92 Å². The molecule has 0 aromatic rings. The van der Waals surface area contributed by atoms with Crippen LogP contribution in [0.4, 0.5) is 0 Å². The molecule has 2 unspecified atom stereocenters. The second kappa shape index (κ2) is 7.41. The Morgan fingerprint density at radius 1 is 1.10 bits per heavy atom. The Balaban J connectivity index is 1.98. The molecule has 0 radical (unpaired) electrons. The first-order chi connectivity index (χ1) is 9.65. The molecule has 0 bridgehead atoms. The number of hydrogen-bond donors (Lipinski definition) is 1. The predicted molar refractivity (Wildman–Crippen MR) is 82.7 cm³/mol. The molecule has 20 heavy (non-hydrogen) atoms. The number of hydrogen-bond acceptors (Lipinski definition) is 3. The molecule has 0 aromatic heterocycles. The van der Waals surface area contributed by atoms with Gasteiger partial charge in [0.25, 0.3) is 0 Å². The average molecular weight is 281 g/mol. The van der Waals surface area contributed by atoms with E-state index in [9.17, 15) is 4.79 Å². The Morgan fingerprint density at radius 2 is 1.75 bits per heavy atom. The quantitative estimate of drug-likeness (QED) is 0.852. The van der Waals surface area contributed by atoms with Crippen LogP contribution in [0.5, 0.6) is 0 Å². The van der Waals surface area contributed by atoms with Crippen molar-refractivity contribution >= 4 is 5.91 Å². The Hall–Kier alpha value is -0.610. The molecule has 0 aliphatic carbocycles. The summed E-state index contributed by atoms with van der Waals surface area (Å²) in [7, 11) is 0. The number of piperidine rings is 1. The third-order valence-corrected chi connectivity index (χ3v) is 5.11. The highest BCUT2D eigenvalue weighted by Crippen LogP contribution is 2.23. The van der Waals surface area contributed by atoms with Crippen molar-refractivity contribution in [3.05, 3.63) is 0 Å². The van der Waals surface area contributed by atoms with Crippen LogP contribution in [0.1, 0.15) is 46.5 Å². The average Bonchev–Trinajstić information content (AvgIpc) is 2.47. The van der Waals surface area contributed by atoms with Crippen LogP contribution in [0.3, 0.4) is 0 Å². The van der Waals surface area contributed by atoms with Gasteiger partial charge in [0.15, 0.2) is 0 Å². The summed E-state index contributed by atoms with van der Waals surface area (Å²) >= 11 is 0. The molecule has 4 nitrogen and oxygen atoms in total. The Morgan fingerprint density at radius 3 is 2.30 bits per heavy atom. The smallest absolute Gasteiger partial charge is 0.219 e. The maximum Gasteiger partial charge on any atom is 0.219 e. The van der Waals surface area contributed by atoms with Gasteiger partial charge >= 0.3 is 0 Å². The van der Waals surface area contributed by atoms with Crippen LogP contribution in [0, 0.1) is 5.92 Å². The standard InChI is InChI=1S/C16H31N3O/c1-4-15-12-19(13(3)20)16(5-2)11-18(15)10-14-6-8-17-9-7-14/h14-17H,4-12H2,1-3H3. The lowest BCUT2D eigenvalue weighted by Crippen LogP contribution is -2.60. The van der Waals surface area contributed by atoms with Gasteiger partial charge in [-0.1, -0.05) is 13.8 Å². The number of amides is 1. The first-order valence-corrected chi connectivity index (χ1v) is 8.37. The van der Waals surface area contributed by atoms with Crippen LogP contribution in [0.25, 0.3) is 0 Å². The van der Waals surface area contributed by atoms with E-state index >= 15 is 0 Å². The number of carbonyl (C=O) groups excluding carboxylic acids is 1. The Labute approximate surface area is 123 Å². The molecule has 0 spiro atoms. The van der Waals surface area contributed by atoms with Crippen molar-refractivity contribution in [3.8, 4) is 0 Å². The summed E-state index contributed by atoms with van der Waals surface area (Å²) in [5.74, 6) is 1.09. The van der Waals surface area contributed by atoms with E-state index < -0.39 is 0 Å². The van der Waals surface area contributed by atoms with E-state index in [0.717, 1.165) is 31.8 Å². The van der Waals surface area contributed by atoms with Crippen molar-refractivity contribution < 1.29 is 4.79 Å².